The molecule has 0 aliphatic heterocycles. The lowest BCUT2D eigenvalue weighted by Gasteiger charge is -2.20. The molecule has 0 aromatic heterocycles. The van der Waals surface area contributed by atoms with Crippen molar-refractivity contribution in [2.24, 2.45) is 5.92 Å². The molecule has 1 rings (SSSR count). The SMILES string of the molecule is CC(C)C(F)(F)c1cccc(O)c1. The number of phenolic OH excluding ortho intramolecular Hbond substituents is 1. The topological polar surface area (TPSA) is 20.2 Å². The minimum Gasteiger partial charge on any atom is -0.508 e. The third-order valence-corrected chi connectivity index (χ3v) is 1.96. The van der Waals surface area contributed by atoms with Gasteiger partial charge in [-0.15, -0.1) is 0 Å². The highest BCUT2D eigenvalue weighted by molar-refractivity contribution is 5.30. The first-order valence-corrected chi connectivity index (χ1v) is 4.12. The number of aromatic hydroxyl groups is 1. The second-order valence-corrected chi connectivity index (χ2v) is 3.33. The highest BCUT2D eigenvalue weighted by Crippen LogP contribution is 2.36. The Morgan fingerprint density at radius 1 is 1.31 bits per heavy atom. The van der Waals surface area contributed by atoms with E-state index >= 15 is 0 Å². The lowest BCUT2D eigenvalue weighted by molar-refractivity contribution is -0.0515. The Hall–Kier alpha value is -1.12. The molecule has 0 heterocycles. The van der Waals surface area contributed by atoms with Crippen molar-refractivity contribution >= 4 is 0 Å². The standard InChI is InChI=1S/C10H12F2O/c1-7(2)10(11,12)8-4-3-5-9(13)6-8/h3-7,13H,1-2H3. The van der Waals surface area contributed by atoms with Crippen LogP contribution in [0.5, 0.6) is 5.75 Å². The van der Waals surface area contributed by atoms with Crippen LogP contribution in [-0.4, -0.2) is 5.11 Å². The summed E-state index contributed by atoms with van der Waals surface area (Å²) in [6, 6.07) is 5.21. The van der Waals surface area contributed by atoms with Crippen molar-refractivity contribution in [1.29, 1.82) is 0 Å². The summed E-state index contributed by atoms with van der Waals surface area (Å²) in [6.07, 6.45) is 0. The van der Waals surface area contributed by atoms with Crippen LogP contribution in [-0.2, 0) is 5.92 Å². The molecular weight excluding hydrogens is 174 g/mol. The van der Waals surface area contributed by atoms with Crippen molar-refractivity contribution in [1.82, 2.24) is 0 Å². The summed E-state index contributed by atoms with van der Waals surface area (Å²) in [4.78, 5) is 0. The van der Waals surface area contributed by atoms with Gasteiger partial charge in [-0.1, -0.05) is 26.0 Å². The lowest BCUT2D eigenvalue weighted by atomic mass is 9.98. The quantitative estimate of drug-likeness (QED) is 0.752. The molecule has 0 saturated heterocycles. The van der Waals surface area contributed by atoms with Crippen LogP contribution in [0.4, 0.5) is 8.78 Å². The molecule has 0 aliphatic rings. The molecule has 0 saturated carbocycles. The van der Waals surface area contributed by atoms with Gasteiger partial charge in [-0.2, -0.15) is 0 Å². The fourth-order valence-corrected chi connectivity index (χ4v) is 1.05. The number of halogens is 2. The summed E-state index contributed by atoms with van der Waals surface area (Å²) in [5.41, 5.74) is -0.137. The third kappa shape index (κ3) is 1.97. The molecule has 0 radical (unpaired) electrons. The Labute approximate surface area is 76.0 Å². The van der Waals surface area contributed by atoms with Crippen molar-refractivity contribution in [2.45, 2.75) is 19.8 Å². The predicted molar refractivity (Wildman–Crippen MR) is 46.8 cm³/mol. The number of phenols is 1. The number of hydrogen-bond donors (Lipinski definition) is 1. The van der Waals surface area contributed by atoms with Crippen molar-refractivity contribution in [3.05, 3.63) is 29.8 Å². The number of hydrogen-bond acceptors (Lipinski definition) is 1. The van der Waals surface area contributed by atoms with E-state index in [0.717, 1.165) is 6.07 Å². The lowest BCUT2D eigenvalue weighted by Crippen LogP contribution is -2.20. The monoisotopic (exact) mass is 186 g/mol. The average molecular weight is 186 g/mol. The van der Waals surface area contributed by atoms with Crippen LogP contribution in [0.15, 0.2) is 24.3 Å². The molecule has 1 aromatic carbocycles. The highest BCUT2D eigenvalue weighted by atomic mass is 19.3. The number of benzene rings is 1. The molecular formula is C10H12F2O. The van der Waals surface area contributed by atoms with Crippen molar-refractivity contribution in [3.8, 4) is 5.75 Å². The Balaban J connectivity index is 3.07. The van der Waals surface area contributed by atoms with E-state index < -0.39 is 11.8 Å². The van der Waals surface area contributed by atoms with Crippen LogP contribution in [0.2, 0.25) is 0 Å². The van der Waals surface area contributed by atoms with Crippen LogP contribution < -0.4 is 0 Å². The fraction of sp³-hybridized carbons (Fsp3) is 0.400. The van der Waals surface area contributed by atoms with Gasteiger partial charge < -0.3 is 5.11 Å². The summed E-state index contributed by atoms with van der Waals surface area (Å²) in [6.45, 7) is 2.90. The van der Waals surface area contributed by atoms with Crippen LogP contribution in [0.3, 0.4) is 0 Å². The van der Waals surface area contributed by atoms with Gasteiger partial charge in [0.15, 0.2) is 0 Å². The Morgan fingerprint density at radius 3 is 2.38 bits per heavy atom. The molecule has 13 heavy (non-hydrogen) atoms. The van der Waals surface area contributed by atoms with Crippen LogP contribution in [0.1, 0.15) is 19.4 Å². The maximum absolute atomic E-state index is 13.3. The van der Waals surface area contributed by atoms with E-state index in [9.17, 15) is 8.78 Å². The van der Waals surface area contributed by atoms with Gasteiger partial charge in [-0.25, -0.2) is 8.78 Å². The van der Waals surface area contributed by atoms with Crippen LogP contribution in [0, 0.1) is 5.92 Å². The van der Waals surface area contributed by atoms with Crippen molar-refractivity contribution in [2.75, 3.05) is 0 Å². The maximum Gasteiger partial charge on any atom is 0.275 e. The molecule has 0 amide bonds. The molecule has 72 valence electrons. The van der Waals surface area contributed by atoms with E-state index in [0.29, 0.717) is 0 Å². The van der Waals surface area contributed by atoms with Crippen LogP contribution in [0.25, 0.3) is 0 Å². The van der Waals surface area contributed by atoms with Crippen molar-refractivity contribution in [3.63, 3.8) is 0 Å². The third-order valence-electron chi connectivity index (χ3n) is 1.96. The molecule has 3 heteroatoms. The van der Waals surface area contributed by atoms with E-state index in [1.54, 1.807) is 0 Å². The molecule has 1 N–H and O–H groups in total. The zero-order valence-corrected chi connectivity index (χ0v) is 7.59. The van der Waals surface area contributed by atoms with Gasteiger partial charge >= 0.3 is 0 Å². The Bertz CT molecular complexity index is 295. The average Bonchev–Trinajstić information content (AvgIpc) is 2.04. The molecule has 0 bridgehead atoms. The second kappa shape index (κ2) is 3.32. The predicted octanol–water partition coefficient (Wildman–Crippen LogP) is 3.14. The first kappa shape index (κ1) is 9.96. The van der Waals surface area contributed by atoms with Gasteiger partial charge in [0.25, 0.3) is 5.92 Å². The summed E-state index contributed by atoms with van der Waals surface area (Å²) < 4.78 is 26.7. The largest absolute Gasteiger partial charge is 0.508 e. The Kier molecular flexibility index (Phi) is 2.55. The molecule has 1 aromatic rings. The summed E-state index contributed by atoms with van der Waals surface area (Å²) in [5, 5.41) is 9.02. The maximum atomic E-state index is 13.3. The number of rotatable bonds is 2. The van der Waals surface area contributed by atoms with E-state index in [2.05, 4.69) is 0 Å². The molecule has 0 atom stereocenters. The first-order chi connectivity index (χ1) is 5.94. The fourth-order valence-electron chi connectivity index (χ4n) is 1.05. The molecule has 1 nitrogen and oxygen atoms in total. The number of alkyl halides is 2. The second-order valence-electron chi connectivity index (χ2n) is 3.33. The molecule has 0 unspecified atom stereocenters. The van der Waals surface area contributed by atoms with Crippen LogP contribution >= 0.6 is 0 Å². The van der Waals surface area contributed by atoms with Gasteiger partial charge in [0.2, 0.25) is 0 Å². The first-order valence-electron chi connectivity index (χ1n) is 4.12. The minimum absolute atomic E-state index is 0.127. The van der Waals surface area contributed by atoms with Gasteiger partial charge in [0, 0.05) is 11.5 Å². The van der Waals surface area contributed by atoms with E-state index in [4.69, 9.17) is 5.11 Å². The summed E-state index contributed by atoms with van der Waals surface area (Å²) >= 11 is 0. The molecule has 0 spiro atoms. The normalized spacial score (nSPS) is 12.1. The Morgan fingerprint density at radius 2 is 1.92 bits per heavy atom. The van der Waals surface area contributed by atoms with E-state index in [-0.39, 0.29) is 11.3 Å². The zero-order valence-electron chi connectivity index (χ0n) is 7.59. The summed E-state index contributed by atoms with van der Waals surface area (Å²) in [5.74, 6) is -3.77. The molecule has 0 fully saturated rings. The minimum atomic E-state index is -2.88. The molecule has 0 aliphatic carbocycles. The van der Waals surface area contributed by atoms with Crippen molar-refractivity contribution < 1.29 is 13.9 Å². The smallest absolute Gasteiger partial charge is 0.275 e. The summed E-state index contributed by atoms with van der Waals surface area (Å²) in [7, 11) is 0. The zero-order chi connectivity index (χ0) is 10.1. The van der Waals surface area contributed by atoms with Gasteiger partial charge in [0.1, 0.15) is 5.75 Å². The van der Waals surface area contributed by atoms with Gasteiger partial charge in [-0.05, 0) is 12.1 Å². The van der Waals surface area contributed by atoms with Gasteiger partial charge in [-0.3, -0.25) is 0 Å². The van der Waals surface area contributed by atoms with E-state index in [1.807, 2.05) is 0 Å². The van der Waals surface area contributed by atoms with Gasteiger partial charge in [0.05, 0.1) is 0 Å². The highest BCUT2D eigenvalue weighted by Gasteiger charge is 2.35. The van der Waals surface area contributed by atoms with E-state index in [1.165, 1.54) is 32.0 Å².